The normalized spacial score (nSPS) is 11.2. The monoisotopic (exact) mass is 364 g/mol. The van der Waals surface area contributed by atoms with E-state index in [9.17, 15) is 10.1 Å². The van der Waals surface area contributed by atoms with E-state index in [1.54, 1.807) is 13.8 Å². The van der Waals surface area contributed by atoms with Gasteiger partial charge in [-0.3, -0.25) is 19.8 Å². The van der Waals surface area contributed by atoms with Crippen molar-refractivity contribution in [1.82, 2.24) is 24.9 Å². The molecule has 0 aliphatic carbocycles. The molecule has 4 aromatic rings. The Balaban J connectivity index is 1.72. The Labute approximate surface area is 153 Å². The number of aryl methyl sites for hydroxylation is 2. The van der Waals surface area contributed by atoms with Crippen molar-refractivity contribution in [3.05, 3.63) is 63.4 Å². The summed E-state index contributed by atoms with van der Waals surface area (Å²) in [5.74, 6) is 0.770. The number of nitro groups is 1. The van der Waals surface area contributed by atoms with Gasteiger partial charge in [-0.15, -0.1) is 0 Å². The van der Waals surface area contributed by atoms with Crippen LogP contribution in [-0.2, 0) is 6.54 Å². The summed E-state index contributed by atoms with van der Waals surface area (Å²) in [5.41, 5.74) is 3.34. The lowest BCUT2D eigenvalue weighted by molar-refractivity contribution is -0.386. The minimum atomic E-state index is -0.431. The van der Waals surface area contributed by atoms with Crippen LogP contribution in [0.3, 0.4) is 0 Å². The van der Waals surface area contributed by atoms with Gasteiger partial charge in [0.25, 0.3) is 0 Å². The molecule has 0 bridgehead atoms. The molecule has 0 amide bonds. The van der Waals surface area contributed by atoms with Gasteiger partial charge in [-0.2, -0.15) is 10.1 Å². The van der Waals surface area contributed by atoms with Crippen molar-refractivity contribution in [1.29, 1.82) is 0 Å². The standard InChI is InChI=1S/C18H16N6O3/c1-10-8-14(13-6-4-5-7-15(13)19-10)18-20-16(27-22-18)9-23-12(3)17(24(25)26)11(2)21-23/h4-8H,9H2,1-3H3. The summed E-state index contributed by atoms with van der Waals surface area (Å²) in [6.07, 6.45) is 0. The van der Waals surface area contributed by atoms with Crippen LogP contribution in [0.1, 0.15) is 23.0 Å². The Hall–Kier alpha value is -3.62. The smallest absolute Gasteiger partial charge is 0.312 e. The summed E-state index contributed by atoms with van der Waals surface area (Å²) in [7, 11) is 0. The van der Waals surface area contributed by atoms with Gasteiger partial charge in [0.05, 0.1) is 10.4 Å². The third-order valence-corrected chi connectivity index (χ3v) is 4.36. The predicted molar refractivity (Wildman–Crippen MR) is 97.2 cm³/mol. The first-order valence-electron chi connectivity index (χ1n) is 8.32. The number of hydrogen-bond acceptors (Lipinski definition) is 7. The Morgan fingerprint density at radius 2 is 1.96 bits per heavy atom. The van der Waals surface area contributed by atoms with Crippen LogP contribution in [0.5, 0.6) is 0 Å². The molecule has 0 N–H and O–H groups in total. The second-order valence-electron chi connectivity index (χ2n) is 6.27. The maximum Gasteiger partial charge on any atom is 0.312 e. The molecule has 3 aromatic heterocycles. The highest BCUT2D eigenvalue weighted by atomic mass is 16.6. The summed E-state index contributed by atoms with van der Waals surface area (Å²) < 4.78 is 6.86. The Morgan fingerprint density at radius 1 is 1.19 bits per heavy atom. The number of benzene rings is 1. The molecule has 0 spiro atoms. The van der Waals surface area contributed by atoms with Crippen LogP contribution >= 0.6 is 0 Å². The number of fused-ring (bicyclic) bond motifs is 1. The SMILES string of the molecule is Cc1cc(-c2noc(Cn3nc(C)c([N+](=O)[O-])c3C)n2)c2ccccc2n1. The zero-order valence-corrected chi connectivity index (χ0v) is 15.0. The van der Waals surface area contributed by atoms with Crippen molar-refractivity contribution >= 4 is 16.6 Å². The Morgan fingerprint density at radius 3 is 2.70 bits per heavy atom. The average Bonchev–Trinajstić information content (AvgIpc) is 3.19. The first-order chi connectivity index (χ1) is 12.9. The summed E-state index contributed by atoms with van der Waals surface area (Å²) in [4.78, 5) is 19.7. The van der Waals surface area contributed by atoms with Crippen LogP contribution in [-0.4, -0.2) is 29.8 Å². The predicted octanol–water partition coefficient (Wildman–Crippen LogP) is 3.36. The summed E-state index contributed by atoms with van der Waals surface area (Å²) in [6.45, 7) is 5.32. The second-order valence-corrected chi connectivity index (χ2v) is 6.27. The molecule has 0 unspecified atom stereocenters. The van der Waals surface area contributed by atoms with Gasteiger partial charge in [0.15, 0.2) is 0 Å². The first-order valence-corrected chi connectivity index (χ1v) is 8.32. The van der Waals surface area contributed by atoms with E-state index in [1.165, 1.54) is 4.68 Å². The first kappa shape index (κ1) is 16.8. The number of para-hydroxylation sites is 1. The highest BCUT2D eigenvalue weighted by Gasteiger charge is 2.23. The van der Waals surface area contributed by atoms with Crippen LogP contribution in [0, 0.1) is 30.9 Å². The van der Waals surface area contributed by atoms with E-state index in [4.69, 9.17) is 4.52 Å². The summed E-state index contributed by atoms with van der Waals surface area (Å²) in [6, 6.07) is 9.65. The molecule has 1 aromatic carbocycles. The fourth-order valence-corrected chi connectivity index (χ4v) is 3.16. The van der Waals surface area contributed by atoms with Gasteiger partial charge in [0, 0.05) is 16.6 Å². The molecular weight excluding hydrogens is 348 g/mol. The van der Waals surface area contributed by atoms with Crippen molar-refractivity contribution in [3.8, 4) is 11.4 Å². The summed E-state index contributed by atoms with van der Waals surface area (Å²) in [5, 5.41) is 20.4. The highest BCUT2D eigenvalue weighted by Crippen LogP contribution is 2.27. The second kappa shape index (κ2) is 6.27. The number of aromatic nitrogens is 5. The zero-order valence-electron chi connectivity index (χ0n) is 15.0. The number of nitrogens with zero attached hydrogens (tertiary/aromatic N) is 6. The lowest BCUT2D eigenvalue weighted by Crippen LogP contribution is -2.04. The van der Waals surface area contributed by atoms with Crippen LogP contribution in [0.25, 0.3) is 22.3 Å². The van der Waals surface area contributed by atoms with E-state index >= 15 is 0 Å². The minimum Gasteiger partial charge on any atom is -0.337 e. The molecule has 27 heavy (non-hydrogen) atoms. The zero-order chi connectivity index (χ0) is 19.1. The van der Waals surface area contributed by atoms with E-state index < -0.39 is 4.92 Å². The van der Waals surface area contributed by atoms with Gasteiger partial charge in [-0.05, 0) is 32.9 Å². The Bertz CT molecular complexity index is 1180. The van der Waals surface area contributed by atoms with E-state index in [0.29, 0.717) is 23.1 Å². The molecular formula is C18H16N6O3. The lowest BCUT2D eigenvalue weighted by atomic mass is 10.1. The maximum absolute atomic E-state index is 11.1. The molecule has 0 aliphatic rings. The van der Waals surface area contributed by atoms with Crippen molar-refractivity contribution in [3.63, 3.8) is 0 Å². The van der Waals surface area contributed by atoms with Gasteiger partial charge in [-0.25, -0.2) is 0 Å². The fraction of sp³-hybridized carbons (Fsp3) is 0.222. The highest BCUT2D eigenvalue weighted by molar-refractivity contribution is 5.92. The molecule has 0 aliphatic heterocycles. The number of rotatable bonds is 4. The molecule has 0 atom stereocenters. The quantitative estimate of drug-likeness (QED) is 0.403. The van der Waals surface area contributed by atoms with Gasteiger partial charge >= 0.3 is 5.69 Å². The van der Waals surface area contributed by atoms with Crippen LogP contribution in [0.4, 0.5) is 5.69 Å². The van der Waals surface area contributed by atoms with Crippen LogP contribution < -0.4 is 0 Å². The van der Waals surface area contributed by atoms with Gasteiger partial charge in [-0.1, -0.05) is 23.4 Å². The van der Waals surface area contributed by atoms with E-state index in [2.05, 4.69) is 20.2 Å². The van der Waals surface area contributed by atoms with Crippen molar-refractivity contribution in [2.45, 2.75) is 27.3 Å². The Kier molecular flexibility index (Phi) is 3.91. The minimum absolute atomic E-state index is 0.00508. The van der Waals surface area contributed by atoms with Crippen LogP contribution in [0.15, 0.2) is 34.9 Å². The van der Waals surface area contributed by atoms with Gasteiger partial charge < -0.3 is 4.52 Å². The fourth-order valence-electron chi connectivity index (χ4n) is 3.16. The van der Waals surface area contributed by atoms with Gasteiger partial charge in [0.1, 0.15) is 17.9 Å². The van der Waals surface area contributed by atoms with Gasteiger partial charge in [0.2, 0.25) is 11.7 Å². The molecule has 3 heterocycles. The van der Waals surface area contributed by atoms with Crippen molar-refractivity contribution < 1.29 is 9.45 Å². The number of pyridine rings is 1. The average molecular weight is 364 g/mol. The molecule has 0 fully saturated rings. The van der Waals surface area contributed by atoms with Crippen molar-refractivity contribution in [2.75, 3.05) is 0 Å². The summed E-state index contributed by atoms with van der Waals surface area (Å²) >= 11 is 0. The molecule has 0 saturated heterocycles. The molecule has 4 rings (SSSR count). The van der Waals surface area contributed by atoms with E-state index in [1.807, 2.05) is 37.3 Å². The number of hydrogen-bond donors (Lipinski definition) is 0. The maximum atomic E-state index is 11.1. The third kappa shape index (κ3) is 2.92. The third-order valence-electron chi connectivity index (χ3n) is 4.36. The van der Waals surface area contributed by atoms with E-state index in [-0.39, 0.29) is 12.2 Å². The van der Waals surface area contributed by atoms with Crippen LogP contribution in [0.2, 0.25) is 0 Å². The van der Waals surface area contributed by atoms with Crippen molar-refractivity contribution in [2.24, 2.45) is 0 Å². The van der Waals surface area contributed by atoms with E-state index in [0.717, 1.165) is 22.2 Å². The topological polar surface area (TPSA) is 113 Å². The largest absolute Gasteiger partial charge is 0.337 e. The molecule has 9 nitrogen and oxygen atoms in total. The lowest BCUT2D eigenvalue weighted by Gasteiger charge is -2.03. The molecule has 0 radical (unpaired) electrons. The molecule has 136 valence electrons. The molecule has 9 heteroatoms. The molecule has 0 saturated carbocycles.